The van der Waals surface area contributed by atoms with Gasteiger partial charge < -0.3 is 11.1 Å². The molecule has 0 bridgehead atoms. The largest absolute Gasteiger partial charge is 0.397 e. The first kappa shape index (κ1) is 14.9. The van der Waals surface area contributed by atoms with Crippen LogP contribution in [-0.2, 0) is 12.8 Å². The van der Waals surface area contributed by atoms with Gasteiger partial charge in [0.25, 0.3) is 0 Å². The van der Waals surface area contributed by atoms with Crippen molar-refractivity contribution in [2.75, 3.05) is 17.6 Å². The maximum atomic E-state index is 5.96. The molecule has 0 atom stereocenters. The molecule has 0 saturated heterocycles. The predicted octanol–water partition coefficient (Wildman–Crippen LogP) is 4.64. The zero-order valence-electron chi connectivity index (χ0n) is 11.8. The summed E-state index contributed by atoms with van der Waals surface area (Å²) in [6, 6.07) is 14.8. The molecule has 2 aromatic rings. The molecule has 0 saturated carbocycles. The SMILES string of the molecule is CCCc1ccc(CCNc2ccc(Br)cc2N)cc1. The number of benzene rings is 2. The number of rotatable bonds is 6. The minimum Gasteiger partial charge on any atom is -0.397 e. The first-order valence-corrected chi connectivity index (χ1v) is 7.85. The van der Waals surface area contributed by atoms with Gasteiger partial charge in [-0.3, -0.25) is 0 Å². The molecule has 0 aromatic heterocycles. The van der Waals surface area contributed by atoms with E-state index in [1.165, 1.54) is 17.5 Å². The molecule has 3 heteroatoms. The summed E-state index contributed by atoms with van der Waals surface area (Å²) >= 11 is 3.41. The second-order valence-corrected chi connectivity index (χ2v) is 5.89. The van der Waals surface area contributed by atoms with Gasteiger partial charge in [-0.15, -0.1) is 0 Å². The third-order valence-electron chi connectivity index (χ3n) is 3.30. The highest BCUT2D eigenvalue weighted by molar-refractivity contribution is 9.10. The predicted molar refractivity (Wildman–Crippen MR) is 91.2 cm³/mol. The number of nitrogens with two attached hydrogens (primary N) is 1. The van der Waals surface area contributed by atoms with Gasteiger partial charge in [0, 0.05) is 11.0 Å². The molecule has 0 aliphatic heterocycles. The minimum atomic E-state index is 0.776. The number of nitrogen functional groups attached to an aromatic ring is 1. The average Bonchev–Trinajstić information content (AvgIpc) is 2.43. The Hall–Kier alpha value is -1.48. The normalized spacial score (nSPS) is 10.5. The lowest BCUT2D eigenvalue weighted by Gasteiger charge is -2.10. The van der Waals surface area contributed by atoms with Crippen LogP contribution in [0.4, 0.5) is 11.4 Å². The second kappa shape index (κ2) is 7.34. The molecule has 2 aromatic carbocycles. The summed E-state index contributed by atoms with van der Waals surface area (Å²) in [5, 5.41) is 3.38. The van der Waals surface area contributed by atoms with Crippen molar-refractivity contribution in [1.82, 2.24) is 0 Å². The number of aryl methyl sites for hydroxylation is 1. The Bertz CT molecular complexity index is 549. The number of anilines is 2. The fourth-order valence-electron chi connectivity index (χ4n) is 2.20. The number of hydrogen-bond donors (Lipinski definition) is 2. The van der Waals surface area contributed by atoms with Crippen LogP contribution in [0, 0.1) is 0 Å². The molecule has 20 heavy (non-hydrogen) atoms. The summed E-state index contributed by atoms with van der Waals surface area (Å²) in [5.41, 5.74) is 10.5. The van der Waals surface area contributed by atoms with Gasteiger partial charge in [0.15, 0.2) is 0 Å². The summed E-state index contributed by atoms with van der Waals surface area (Å²) in [6.45, 7) is 3.10. The Morgan fingerprint density at radius 3 is 2.25 bits per heavy atom. The summed E-state index contributed by atoms with van der Waals surface area (Å²) in [4.78, 5) is 0. The topological polar surface area (TPSA) is 38.0 Å². The van der Waals surface area contributed by atoms with Gasteiger partial charge >= 0.3 is 0 Å². The molecule has 106 valence electrons. The van der Waals surface area contributed by atoms with Crippen LogP contribution in [-0.4, -0.2) is 6.54 Å². The lowest BCUT2D eigenvalue weighted by molar-refractivity contribution is 0.918. The lowest BCUT2D eigenvalue weighted by atomic mass is 10.1. The van der Waals surface area contributed by atoms with Gasteiger partial charge in [0.1, 0.15) is 0 Å². The lowest BCUT2D eigenvalue weighted by Crippen LogP contribution is -2.06. The highest BCUT2D eigenvalue weighted by Crippen LogP contribution is 2.22. The third kappa shape index (κ3) is 4.27. The van der Waals surface area contributed by atoms with E-state index in [2.05, 4.69) is 52.4 Å². The monoisotopic (exact) mass is 332 g/mol. The number of halogens is 1. The van der Waals surface area contributed by atoms with Gasteiger partial charge in [-0.25, -0.2) is 0 Å². The fourth-order valence-corrected chi connectivity index (χ4v) is 2.58. The first-order chi connectivity index (χ1) is 9.69. The molecule has 0 radical (unpaired) electrons. The van der Waals surface area contributed by atoms with E-state index in [-0.39, 0.29) is 0 Å². The summed E-state index contributed by atoms with van der Waals surface area (Å²) in [7, 11) is 0. The van der Waals surface area contributed by atoms with Crippen LogP contribution in [0.3, 0.4) is 0 Å². The van der Waals surface area contributed by atoms with E-state index in [1.54, 1.807) is 0 Å². The van der Waals surface area contributed by atoms with Crippen molar-refractivity contribution in [3.63, 3.8) is 0 Å². The van der Waals surface area contributed by atoms with Gasteiger partial charge in [-0.1, -0.05) is 53.5 Å². The van der Waals surface area contributed by atoms with Crippen LogP contribution < -0.4 is 11.1 Å². The van der Waals surface area contributed by atoms with E-state index in [4.69, 9.17) is 5.73 Å². The third-order valence-corrected chi connectivity index (χ3v) is 3.80. The highest BCUT2D eigenvalue weighted by Gasteiger charge is 2.00. The zero-order valence-corrected chi connectivity index (χ0v) is 13.4. The molecule has 0 aliphatic rings. The van der Waals surface area contributed by atoms with Gasteiger partial charge in [0.05, 0.1) is 11.4 Å². The zero-order chi connectivity index (χ0) is 14.4. The summed E-state index contributed by atoms with van der Waals surface area (Å²) < 4.78 is 1.01. The van der Waals surface area contributed by atoms with Crippen LogP contribution in [0.5, 0.6) is 0 Å². The van der Waals surface area contributed by atoms with E-state index in [0.717, 1.165) is 35.2 Å². The fraction of sp³-hybridized carbons (Fsp3) is 0.294. The van der Waals surface area contributed by atoms with E-state index in [1.807, 2.05) is 18.2 Å². The Kier molecular flexibility index (Phi) is 5.48. The Labute approximate surface area is 129 Å². The standard InChI is InChI=1S/C17H21BrN2/c1-2-3-13-4-6-14(7-5-13)10-11-20-17-9-8-15(18)12-16(17)19/h4-9,12,20H,2-3,10-11,19H2,1H3. The van der Waals surface area contributed by atoms with Crippen molar-refractivity contribution in [2.45, 2.75) is 26.2 Å². The van der Waals surface area contributed by atoms with Crippen LogP contribution in [0.15, 0.2) is 46.9 Å². The molecule has 0 heterocycles. The molecule has 0 spiro atoms. The van der Waals surface area contributed by atoms with E-state index < -0.39 is 0 Å². The molecule has 0 unspecified atom stereocenters. The second-order valence-electron chi connectivity index (χ2n) is 4.97. The molecule has 2 nitrogen and oxygen atoms in total. The average molecular weight is 333 g/mol. The number of nitrogens with one attached hydrogen (secondary N) is 1. The quantitative estimate of drug-likeness (QED) is 0.756. The van der Waals surface area contributed by atoms with Crippen molar-refractivity contribution in [3.05, 3.63) is 58.1 Å². The molecule has 0 aliphatic carbocycles. The smallest absolute Gasteiger partial charge is 0.0574 e. The molecule has 0 fully saturated rings. The summed E-state index contributed by atoms with van der Waals surface area (Å²) in [5.74, 6) is 0. The Balaban J connectivity index is 1.86. The molecule has 2 rings (SSSR count). The Morgan fingerprint density at radius 2 is 1.65 bits per heavy atom. The molecular weight excluding hydrogens is 312 g/mol. The van der Waals surface area contributed by atoms with Crippen molar-refractivity contribution < 1.29 is 0 Å². The van der Waals surface area contributed by atoms with Crippen LogP contribution in [0.1, 0.15) is 24.5 Å². The Morgan fingerprint density at radius 1 is 1.00 bits per heavy atom. The van der Waals surface area contributed by atoms with Crippen LogP contribution in [0.25, 0.3) is 0 Å². The highest BCUT2D eigenvalue weighted by atomic mass is 79.9. The van der Waals surface area contributed by atoms with Crippen molar-refractivity contribution in [1.29, 1.82) is 0 Å². The first-order valence-electron chi connectivity index (χ1n) is 7.05. The van der Waals surface area contributed by atoms with Crippen LogP contribution in [0.2, 0.25) is 0 Å². The van der Waals surface area contributed by atoms with Crippen molar-refractivity contribution >= 4 is 27.3 Å². The molecule has 3 N–H and O–H groups in total. The van der Waals surface area contributed by atoms with Gasteiger partial charge in [-0.05, 0) is 42.2 Å². The van der Waals surface area contributed by atoms with E-state index >= 15 is 0 Å². The van der Waals surface area contributed by atoms with Gasteiger partial charge in [-0.2, -0.15) is 0 Å². The van der Waals surface area contributed by atoms with E-state index in [9.17, 15) is 0 Å². The maximum absolute atomic E-state index is 5.96. The summed E-state index contributed by atoms with van der Waals surface area (Å²) in [6.07, 6.45) is 3.36. The van der Waals surface area contributed by atoms with E-state index in [0.29, 0.717) is 0 Å². The van der Waals surface area contributed by atoms with Gasteiger partial charge in [0.2, 0.25) is 0 Å². The molecule has 0 amide bonds. The van der Waals surface area contributed by atoms with Crippen molar-refractivity contribution in [2.24, 2.45) is 0 Å². The maximum Gasteiger partial charge on any atom is 0.0574 e. The van der Waals surface area contributed by atoms with Crippen molar-refractivity contribution in [3.8, 4) is 0 Å². The number of hydrogen-bond acceptors (Lipinski definition) is 2. The van der Waals surface area contributed by atoms with Crippen LogP contribution >= 0.6 is 15.9 Å². The minimum absolute atomic E-state index is 0.776. The molecular formula is C17H21BrN2.